The van der Waals surface area contributed by atoms with Crippen LogP contribution in [0.3, 0.4) is 0 Å². The van der Waals surface area contributed by atoms with Crippen LogP contribution < -0.4 is 5.32 Å². The molecule has 194 valence electrons. The van der Waals surface area contributed by atoms with Crippen molar-refractivity contribution in [1.82, 2.24) is 9.88 Å². The van der Waals surface area contributed by atoms with Crippen molar-refractivity contribution in [2.75, 3.05) is 38.7 Å². The molecule has 3 aromatic rings. The Labute approximate surface area is 214 Å². The van der Waals surface area contributed by atoms with Crippen LogP contribution in [-0.4, -0.2) is 54.3 Å². The predicted molar refractivity (Wildman–Crippen MR) is 132 cm³/mol. The van der Waals surface area contributed by atoms with Gasteiger partial charge >= 0.3 is 6.18 Å². The smallest absolute Gasteiger partial charge is 0.416 e. The Morgan fingerprint density at radius 1 is 1.19 bits per heavy atom. The third-order valence-corrected chi connectivity index (χ3v) is 6.94. The number of methoxy groups -OCH3 is 1. The van der Waals surface area contributed by atoms with Gasteiger partial charge in [-0.2, -0.15) is 13.2 Å². The highest BCUT2D eigenvalue weighted by atomic mass is 35.5. The number of carbonyl (C=O) groups excluding carboxylic acids is 1. The van der Waals surface area contributed by atoms with E-state index in [4.69, 9.17) is 21.1 Å². The Morgan fingerprint density at radius 3 is 2.64 bits per heavy atom. The van der Waals surface area contributed by atoms with E-state index in [1.807, 2.05) is 0 Å². The molecule has 0 radical (unpaired) electrons. The maximum atomic E-state index is 13.5. The van der Waals surface area contributed by atoms with Crippen LogP contribution in [0.1, 0.15) is 39.9 Å². The summed E-state index contributed by atoms with van der Waals surface area (Å²) in [7, 11) is 1.49. The van der Waals surface area contributed by atoms with Crippen LogP contribution in [0, 0.1) is 0 Å². The van der Waals surface area contributed by atoms with Crippen molar-refractivity contribution in [2.45, 2.75) is 32.2 Å². The van der Waals surface area contributed by atoms with Crippen molar-refractivity contribution in [3.05, 3.63) is 51.5 Å². The van der Waals surface area contributed by atoms with Crippen LogP contribution in [0.4, 0.5) is 18.3 Å². The van der Waals surface area contributed by atoms with E-state index < -0.39 is 17.6 Å². The molecule has 2 N–H and O–H groups in total. The number of carbonyl (C=O) groups is 1. The van der Waals surface area contributed by atoms with E-state index in [1.165, 1.54) is 13.2 Å². The lowest BCUT2D eigenvalue weighted by atomic mass is 10.1. The number of fused-ring (bicyclic) bond motifs is 1. The van der Waals surface area contributed by atoms with Gasteiger partial charge in [-0.05, 0) is 50.2 Å². The average molecular weight is 544 g/mol. The largest absolute Gasteiger partial charge is 0.507 e. The maximum Gasteiger partial charge on any atom is 0.416 e. The quantitative estimate of drug-likeness (QED) is 0.338. The van der Waals surface area contributed by atoms with Crippen LogP contribution in [0.15, 0.2) is 24.3 Å². The fourth-order valence-corrected chi connectivity index (χ4v) is 5.23. The highest BCUT2D eigenvalue weighted by Gasteiger charge is 2.32. The van der Waals surface area contributed by atoms with Crippen molar-refractivity contribution in [1.29, 1.82) is 0 Å². The minimum atomic E-state index is -4.55. The van der Waals surface area contributed by atoms with E-state index in [1.54, 1.807) is 6.07 Å². The second kappa shape index (κ2) is 11.3. The first-order valence-corrected chi connectivity index (χ1v) is 12.5. The summed E-state index contributed by atoms with van der Waals surface area (Å²) in [5.41, 5.74) is 0.206. The highest BCUT2D eigenvalue weighted by molar-refractivity contribution is 7.22. The van der Waals surface area contributed by atoms with Gasteiger partial charge in [0.2, 0.25) is 0 Å². The van der Waals surface area contributed by atoms with E-state index >= 15 is 0 Å². The van der Waals surface area contributed by atoms with Crippen LogP contribution in [-0.2, 0) is 28.8 Å². The monoisotopic (exact) mass is 543 g/mol. The number of benzene rings is 2. The molecule has 1 saturated heterocycles. The lowest BCUT2D eigenvalue weighted by Crippen LogP contribution is -2.19. The first-order chi connectivity index (χ1) is 17.2. The number of halogens is 4. The predicted octanol–water partition coefficient (Wildman–Crippen LogP) is 5.69. The van der Waals surface area contributed by atoms with Gasteiger partial charge in [-0.1, -0.05) is 22.9 Å². The molecular weight excluding hydrogens is 519 g/mol. The Kier molecular flexibility index (Phi) is 8.36. The topological polar surface area (TPSA) is 83.9 Å². The number of phenols is 1. The number of ether oxygens (including phenoxy) is 2. The zero-order chi connectivity index (χ0) is 25.9. The number of rotatable bonds is 9. The average Bonchev–Trinajstić information content (AvgIpc) is 3.47. The van der Waals surface area contributed by atoms with Gasteiger partial charge in [-0.25, -0.2) is 4.98 Å². The van der Waals surface area contributed by atoms with Crippen molar-refractivity contribution >= 4 is 44.2 Å². The Hall–Kier alpha value is -2.44. The Bertz CT molecular complexity index is 1250. The molecular formula is C24H25ClF3N3O4S. The summed E-state index contributed by atoms with van der Waals surface area (Å²) in [4.78, 5) is 19.5. The molecule has 4 rings (SSSR count). The molecule has 0 atom stereocenters. The lowest BCUT2D eigenvalue weighted by molar-refractivity contribution is -0.137. The fraction of sp³-hybridized carbons (Fsp3) is 0.417. The first-order valence-electron chi connectivity index (χ1n) is 11.3. The van der Waals surface area contributed by atoms with E-state index in [-0.39, 0.29) is 39.9 Å². The zero-order valence-corrected chi connectivity index (χ0v) is 21.0. The maximum absolute atomic E-state index is 13.5. The molecule has 0 saturated carbocycles. The third-order valence-electron chi connectivity index (χ3n) is 5.80. The molecule has 0 unspecified atom stereocenters. The molecule has 0 aliphatic carbocycles. The number of nitrogens with zero attached hydrogens (tertiary/aromatic N) is 2. The summed E-state index contributed by atoms with van der Waals surface area (Å²) >= 11 is 7.12. The summed E-state index contributed by atoms with van der Waals surface area (Å²) in [6.45, 7) is 2.66. The molecule has 1 aromatic heterocycles. The van der Waals surface area contributed by atoms with Gasteiger partial charge in [0.25, 0.3) is 5.91 Å². The van der Waals surface area contributed by atoms with Gasteiger partial charge in [-0.15, -0.1) is 0 Å². The number of likely N-dealkylation sites (tertiary alicyclic amines) is 1. The van der Waals surface area contributed by atoms with E-state index in [9.17, 15) is 23.1 Å². The minimum Gasteiger partial charge on any atom is -0.507 e. The van der Waals surface area contributed by atoms with Crippen molar-refractivity contribution in [2.24, 2.45) is 0 Å². The number of aromatic nitrogens is 1. The molecule has 0 bridgehead atoms. The van der Waals surface area contributed by atoms with Crippen LogP contribution in [0.2, 0.25) is 5.02 Å². The number of thiazole rings is 1. The molecule has 1 aliphatic rings. The summed E-state index contributed by atoms with van der Waals surface area (Å²) in [5, 5.41) is 13.7. The van der Waals surface area contributed by atoms with Gasteiger partial charge < -0.3 is 14.6 Å². The van der Waals surface area contributed by atoms with Crippen molar-refractivity contribution in [3.63, 3.8) is 0 Å². The Balaban J connectivity index is 1.60. The zero-order valence-electron chi connectivity index (χ0n) is 19.5. The number of alkyl halides is 3. The Morgan fingerprint density at radius 2 is 1.94 bits per heavy atom. The molecule has 2 aromatic carbocycles. The number of aromatic hydroxyl groups is 1. The summed E-state index contributed by atoms with van der Waals surface area (Å²) in [5.74, 6) is -0.845. The van der Waals surface area contributed by atoms with E-state index in [0.717, 1.165) is 49.4 Å². The van der Waals surface area contributed by atoms with Gasteiger partial charge in [0.05, 0.1) is 41.2 Å². The summed E-state index contributed by atoms with van der Waals surface area (Å²) in [6.07, 6.45) is -2.41. The van der Waals surface area contributed by atoms with Crippen molar-refractivity contribution < 1.29 is 32.5 Å². The number of phenolic OH excluding ortho intramolecular Hbond substituents is 1. The van der Waals surface area contributed by atoms with Crippen molar-refractivity contribution in [3.8, 4) is 5.75 Å². The molecule has 2 heterocycles. The normalized spacial score (nSPS) is 14.6. The second-order valence-corrected chi connectivity index (χ2v) is 9.91. The molecule has 1 fully saturated rings. The van der Waals surface area contributed by atoms with Crippen LogP contribution >= 0.6 is 22.9 Å². The van der Waals surface area contributed by atoms with Gasteiger partial charge in [0, 0.05) is 29.8 Å². The number of nitrogens with one attached hydrogen (secondary N) is 1. The lowest BCUT2D eigenvalue weighted by Gasteiger charge is -2.17. The fourth-order valence-electron chi connectivity index (χ4n) is 4.05. The molecule has 36 heavy (non-hydrogen) atoms. The number of hydrogen-bond acceptors (Lipinski definition) is 7. The second-order valence-electron chi connectivity index (χ2n) is 8.44. The molecule has 1 amide bonds. The third kappa shape index (κ3) is 6.27. The van der Waals surface area contributed by atoms with E-state index in [2.05, 4.69) is 15.2 Å². The molecule has 0 spiro atoms. The number of hydrogen-bond donors (Lipinski definition) is 2. The number of anilines is 1. The van der Waals surface area contributed by atoms with Gasteiger partial charge in [0.1, 0.15) is 5.75 Å². The minimum absolute atomic E-state index is 0.0324. The SMILES string of the molecule is COCCOCc1cc(C(F)(F)F)cc2sc(NC(=O)c3cc(Cl)cc(CN4CCCC4)c3O)nc12. The van der Waals surface area contributed by atoms with Crippen LogP contribution in [0.25, 0.3) is 10.2 Å². The number of amides is 1. The van der Waals surface area contributed by atoms with Gasteiger partial charge in [-0.3, -0.25) is 15.0 Å². The first kappa shape index (κ1) is 26.6. The standard InChI is InChI=1S/C24H25ClF3N3O4S/c1-34-6-7-35-13-15-8-16(24(26,27)28)10-19-20(15)29-23(36-19)30-22(33)18-11-17(25)9-14(21(18)32)12-31-4-2-3-5-31/h8-11,32H,2-7,12-13H2,1H3,(H,29,30,33). The van der Waals surface area contributed by atoms with Gasteiger partial charge in [0.15, 0.2) is 5.13 Å². The summed E-state index contributed by atoms with van der Waals surface area (Å²) < 4.78 is 50.9. The highest BCUT2D eigenvalue weighted by Crippen LogP contribution is 2.37. The summed E-state index contributed by atoms with van der Waals surface area (Å²) in [6, 6.07) is 4.96. The molecule has 7 nitrogen and oxygen atoms in total. The molecule has 12 heteroatoms. The van der Waals surface area contributed by atoms with Crippen LogP contribution in [0.5, 0.6) is 5.75 Å². The van der Waals surface area contributed by atoms with E-state index in [0.29, 0.717) is 29.3 Å². The molecule has 1 aliphatic heterocycles.